The van der Waals surface area contributed by atoms with Gasteiger partial charge < -0.3 is 10.5 Å². The van der Waals surface area contributed by atoms with Crippen LogP contribution in [0.2, 0.25) is 0 Å². The van der Waals surface area contributed by atoms with E-state index in [0.717, 1.165) is 28.5 Å². The summed E-state index contributed by atoms with van der Waals surface area (Å²) in [4.78, 5) is 0. The van der Waals surface area contributed by atoms with Crippen LogP contribution < -0.4 is 15.8 Å². The molecule has 0 aliphatic heterocycles. The van der Waals surface area contributed by atoms with E-state index in [1.54, 1.807) is 13.2 Å². The van der Waals surface area contributed by atoms with Crippen molar-refractivity contribution in [3.63, 3.8) is 0 Å². The summed E-state index contributed by atoms with van der Waals surface area (Å²) in [6.45, 7) is 2.41. The largest absolute Gasteiger partial charge is 0.497 e. The molecule has 2 unspecified atom stereocenters. The molecular weight excluding hydrogens is 358 g/mol. The summed E-state index contributed by atoms with van der Waals surface area (Å²) in [5.41, 5.74) is 9.52. The van der Waals surface area contributed by atoms with Crippen LogP contribution in [0, 0.1) is 11.6 Å². The Balaban J connectivity index is 1.93. The van der Waals surface area contributed by atoms with Crippen molar-refractivity contribution in [3.05, 3.63) is 101 Å². The van der Waals surface area contributed by atoms with Crippen LogP contribution in [0.25, 0.3) is 0 Å². The van der Waals surface area contributed by atoms with Gasteiger partial charge in [0, 0.05) is 12.6 Å². The molecule has 3 aromatic rings. The molecule has 146 valence electrons. The average molecular weight is 382 g/mol. The molecule has 3 rings (SSSR count). The highest BCUT2D eigenvalue weighted by Crippen LogP contribution is 2.28. The second kappa shape index (κ2) is 8.95. The maximum Gasteiger partial charge on any atom is 0.159 e. The zero-order chi connectivity index (χ0) is 20.1. The van der Waals surface area contributed by atoms with E-state index in [-0.39, 0.29) is 12.1 Å². The zero-order valence-corrected chi connectivity index (χ0v) is 16.0. The molecule has 0 amide bonds. The van der Waals surface area contributed by atoms with Gasteiger partial charge in [0.2, 0.25) is 0 Å². The fraction of sp³-hybridized carbons (Fsp3) is 0.217. The van der Waals surface area contributed by atoms with E-state index in [9.17, 15) is 8.78 Å². The van der Waals surface area contributed by atoms with Crippen molar-refractivity contribution in [3.8, 4) is 5.75 Å². The molecule has 0 heterocycles. The molecule has 0 bridgehead atoms. The Kier molecular flexibility index (Phi) is 6.39. The SMILES string of the molecule is COc1ccc(C(NC(C)c2ccc(F)c(F)c2)c2ccc(CN)cc2)cc1. The van der Waals surface area contributed by atoms with Gasteiger partial charge in [0.1, 0.15) is 5.75 Å². The number of nitrogens with two attached hydrogens (primary N) is 1. The van der Waals surface area contributed by atoms with Gasteiger partial charge in [0.25, 0.3) is 0 Å². The second-order valence-corrected chi connectivity index (χ2v) is 6.71. The van der Waals surface area contributed by atoms with E-state index in [4.69, 9.17) is 10.5 Å². The van der Waals surface area contributed by atoms with Gasteiger partial charge in [-0.3, -0.25) is 5.32 Å². The lowest BCUT2D eigenvalue weighted by molar-refractivity contribution is 0.414. The molecule has 0 aliphatic rings. The first-order valence-electron chi connectivity index (χ1n) is 9.15. The molecule has 3 aromatic carbocycles. The van der Waals surface area contributed by atoms with Crippen molar-refractivity contribution in [2.75, 3.05) is 7.11 Å². The van der Waals surface area contributed by atoms with Crippen LogP contribution in [0.4, 0.5) is 8.78 Å². The third-order valence-electron chi connectivity index (χ3n) is 4.86. The van der Waals surface area contributed by atoms with Crippen molar-refractivity contribution in [1.82, 2.24) is 5.32 Å². The van der Waals surface area contributed by atoms with Gasteiger partial charge in [-0.05, 0) is 53.4 Å². The predicted molar refractivity (Wildman–Crippen MR) is 107 cm³/mol. The van der Waals surface area contributed by atoms with E-state index in [1.165, 1.54) is 6.07 Å². The monoisotopic (exact) mass is 382 g/mol. The summed E-state index contributed by atoms with van der Waals surface area (Å²) in [7, 11) is 1.63. The Labute approximate surface area is 164 Å². The molecule has 3 N–H and O–H groups in total. The molecule has 5 heteroatoms. The summed E-state index contributed by atoms with van der Waals surface area (Å²) in [6.07, 6.45) is 0. The number of hydrogen-bond donors (Lipinski definition) is 2. The lowest BCUT2D eigenvalue weighted by Crippen LogP contribution is -2.26. The van der Waals surface area contributed by atoms with E-state index in [0.29, 0.717) is 12.1 Å². The van der Waals surface area contributed by atoms with Crippen LogP contribution in [0.15, 0.2) is 66.7 Å². The van der Waals surface area contributed by atoms with Crippen molar-refractivity contribution < 1.29 is 13.5 Å². The van der Waals surface area contributed by atoms with Crippen LogP contribution >= 0.6 is 0 Å². The average Bonchev–Trinajstić information content (AvgIpc) is 2.74. The fourth-order valence-electron chi connectivity index (χ4n) is 3.16. The second-order valence-electron chi connectivity index (χ2n) is 6.71. The van der Waals surface area contributed by atoms with Gasteiger partial charge in [0.05, 0.1) is 13.2 Å². The number of halogens is 2. The van der Waals surface area contributed by atoms with Crippen molar-refractivity contribution in [2.24, 2.45) is 5.73 Å². The number of hydrogen-bond acceptors (Lipinski definition) is 3. The van der Waals surface area contributed by atoms with E-state index >= 15 is 0 Å². The Morgan fingerprint density at radius 2 is 1.43 bits per heavy atom. The first-order chi connectivity index (χ1) is 13.5. The Morgan fingerprint density at radius 1 is 0.857 bits per heavy atom. The highest BCUT2D eigenvalue weighted by Gasteiger charge is 2.18. The minimum atomic E-state index is -0.848. The van der Waals surface area contributed by atoms with Crippen molar-refractivity contribution in [2.45, 2.75) is 25.6 Å². The highest BCUT2D eigenvalue weighted by atomic mass is 19.2. The third-order valence-corrected chi connectivity index (χ3v) is 4.86. The number of methoxy groups -OCH3 is 1. The lowest BCUT2D eigenvalue weighted by Gasteiger charge is -2.25. The molecule has 0 spiro atoms. The maximum atomic E-state index is 13.7. The van der Waals surface area contributed by atoms with Gasteiger partial charge in [-0.25, -0.2) is 8.78 Å². The number of benzene rings is 3. The van der Waals surface area contributed by atoms with Crippen LogP contribution in [0.1, 0.15) is 41.3 Å². The Bertz CT molecular complexity index is 863. The number of rotatable bonds is 7. The molecular formula is C23H24F2N2O. The number of ether oxygens (including phenoxy) is 1. The molecule has 0 saturated carbocycles. The third kappa shape index (κ3) is 4.55. The molecule has 0 aliphatic carbocycles. The summed E-state index contributed by atoms with van der Waals surface area (Å²) in [5, 5.41) is 3.53. The van der Waals surface area contributed by atoms with Crippen LogP contribution in [0.5, 0.6) is 5.75 Å². The predicted octanol–water partition coefficient (Wildman–Crippen LogP) is 4.87. The normalized spacial score (nSPS) is 13.2. The van der Waals surface area contributed by atoms with Crippen LogP contribution in [-0.2, 0) is 6.54 Å². The van der Waals surface area contributed by atoms with E-state index < -0.39 is 11.6 Å². The van der Waals surface area contributed by atoms with Crippen molar-refractivity contribution >= 4 is 0 Å². The van der Waals surface area contributed by atoms with Crippen molar-refractivity contribution in [1.29, 1.82) is 0 Å². The minimum Gasteiger partial charge on any atom is -0.497 e. The topological polar surface area (TPSA) is 47.3 Å². The summed E-state index contributed by atoms with van der Waals surface area (Å²) in [5.74, 6) is -0.922. The molecule has 0 saturated heterocycles. The quantitative estimate of drug-likeness (QED) is 0.613. The van der Waals surface area contributed by atoms with E-state index in [2.05, 4.69) is 5.32 Å². The highest BCUT2D eigenvalue weighted by molar-refractivity contribution is 5.37. The van der Waals surface area contributed by atoms with Gasteiger partial charge >= 0.3 is 0 Å². The summed E-state index contributed by atoms with van der Waals surface area (Å²) in [6, 6.07) is 19.5. The maximum absolute atomic E-state index is 13.7. The van der Waals surface area contributed by atoms with Gasteiger partial charge in [-0.1, -0.05) is 42.5 Å². The molecule has 2 atom stereocenters. The number of nitrogens with one attached hydrogen (secondary N) is 1. The Morgan fingerprint density at radius 3 is 1.96 bits per heavy atom. The zero-order valence-electron chi connectivity index (χ0n) is 16.0. The molecule has 0 fully saturated rings. The van der Waals surface area contributed by atoms with Gasteiger partial charge in [0.15, 0.2) is 11.6 Å². The lowest BCUT2D eigenvalue weighted by atomic mass is 9.95. The molecule has 0 aromatic heterocycles. The summed E-state index contributed by atoms with van der Waals surface area (Å²) < 4.78 is 32.2. The minimum absolute atomic E-state index is 0.138. The smallest absolute Gasteiger partial charge is 0.159 e. The van der Waals surface area contributed by atoms with Gasteiger partial charge in [-0.15, -0.1) is 0 Å². The summed E-state index contributed by atoms with van der Waals surface area (Å²) >= 11 is 0. The molecule has 0 radical (unpaired) electrons. The van der Waals surface area contributed by atoms with Crippen LogP contribution in [0.3, 0.4) is 0 Å². The molecule has 28 heavy (non-hydrogen) atoms. The first-order valence-corrected chi connectivity index (χ1v) is 9.15. The van der Waals surface area contributed by atoms with Crippen LogP contribution in [-0.4, -0.2) is 7.11 Å². The fourth-order valence-corrected chi connectivity index (χ4v) is 3.16. The molecule has 3 nitrogen and oxygen atoms in total. The van der Waals surface area contributed by atoms with E-state index in [1.807, 2.05) is 55.5 Å². The van der Waals surface area contributed by atoms with Gasteiger partial charge in [-0.2, -0.15) is 0 Å². The Hall–Kier alpha value is -2.76. The first kappa shape index (κ1) is 20.0. The standard InChI is InChI=1S/C23H24F2N2O/c1-15(19-9-12-21(24)22(25)13-19)27-23(17-5-3-16(14-26)4-6-17)18-7-10-20(28-2)11-8-18/h3-13,15,23,27H,14,26H2,1-2H3.